The molecule has 0 aliphatic rings. The Morgan fingerprint density at radius 3 is 1.50 bits per heavy atom. The van der Waals surface area contributed by atoms with Gasteiger partial charge in [-0.3, -0.25) is 5.84 Å². The predicted molar refractivity (Wildman–Crippen MR) is 38.4 cm³/mol. The maximum atomic E-state index is 5.31. The fourth-order valence-electron chi connectivity index (χ4n) is 0.224. The molecule has 0 saturated carbocycles. The minimum absolute atomic E-state index is 0.941. The third kappa shape index (κ3) is 9.18. The van der Waals surface area contributed by atoms with Gasteiger partial charge in [-0.1, -0.05) is 13.8 Å². The molecule has 0 atom stereocenters. The van der Waals surface area contributed by atoms with Crippen molar-refractivity contribution in [2.75, 3.05) is 13.1 Å². The first-order valence-corrected chi connectivity index (χ1v) is 2.80. The SMILES string of the molecule is C=C.CCN(N)CC. The minimum Gasteiger partial charge on any atom is -0.269 e. The van der Waals surface area contributed by atoms with Gasteiger partial charge in [0.15, 0.2) is 0 Å². The van der Waals surface area contributed by atoms with Crippen LogP contribution >= 0.6 is 0 Å². The van der Waals surface area contributed by atoms with E-state index in [2.05, 4.69) is 13.2 Å². The lowest BCUT2D eigenvalue weighted by Gasteiger charge is -2.07. The zero-order valence-electron chi connectivity index (χ0n) is 5.85. The molecule has 0 aliphatic heterocycles. The second-order valence-electron chi connectivity index (χ2n) is 1.22. The molecular weight excluding hydrogens is 100 g/mol. The molecule has 0 heterocycles. The Hall–Kier alpha value is -0.340. The van der Waals surface area contributed by atoms with Crippen LogP contribution in [0.25, 0.3) is 0 Å². The number of hydrazine groups is 1. The Balaban J connectivity index is 0. The van der Waals surface area contributed by atoms with Crippen LogP contribution < -0.4 is 5.84 Å². The van der Waals surface area contributed by atoms with Crippen molar-refractivity contribution in [1.82, 2.24) is 5.01 Å². The summed E-state index contributed by atoms with van der Waals surface area (Å²) in [6, 6.07) is 0. The van der Waals surface area contributed by atoms with Crippen LogP contribution in [0.1, 0.15) is 13.8 Å². The Labute approximate surface area is 52.0 Å². The van der Waals surface area contributed by atoms with Crippen molar-refractivity contribution in [2.45, 2.75) is 13.8 Å². The van der Waals surface area contributed by atoms with Crippen LogP contribution in [-0.2, 0) is 0 Å². The van der Waals surface area contributed by atoms with Crippen molar-refractivity contribution in [3.05, 3.63) is 13.2 Å². The van der Waals surface area contributed by atoms with Crippen molar-refractivity contribution >= 4 is 0 Å². The average molecular weight is 116 g/mol. The van der Waals surface area contributed by atoms with E-state index >= 15 is 0 Å². The lowest BCUT2D eigenvalue weighted by atomic mass is 10.6. The highest BCUT2D eigenvalue weighted by molar-refractivity contribution is 4.32. The Morgan fingerprint density at radius 2 is 1.50 bits per heavy atom. The molecule has 2 N–H and O–H groups in total. The molecular formula is C6H16N2. The predicted octanol–water partition coefficient (Wildman–Crippen LogP) is 1.00. The molecule has 0 unspecified atom stereocenters. The molecule has 0 amide bonds. The molecule has 0 saturated heterocycles. The van der Waals surface area contributed by atoms with Gasteiger partial charge in [-0.2, -0.15) is 0 Å². The molecule has 2 heteroatoms. The summed E-state index contributed by atoms with van der Waals surface area (Å²) in [6.45, 7) is 11.9. The topological polar surface area (TPSA) is 29.3 Å². The lowest BCUT2D eigenvalue weighted by molar-refractivity contribution is 0.316. The van der Waals surface area contributed by atoms with E-state index in [4.69, 9.17) is 5.84 Å². The van der Waals surface area contributed by atoms with Gasteiger partial charge in [0.1, 0.15) is 0 Å². The van der Waals surface area contributed by atoms with Crippen molar-refractivity contribution in [2.24, 2.45) is 5.84 Å². The molecule has 0 fully saturated rings. The molecule has 0 aromatic carbocycles. The van der Waals surface area contributed by atoms with E-state index in [-0.39, 0.29) is 0 Å². The monoisotopic (exact) mass is 116 g/mol. The summed E-state index contributed by atoms with van der Waals surface area (Å²) in [5, 5.41) is 1.75. The second-order valence-corrected chi connectivity index (χ2v) is 1.22. The van der Waals surface area contributed by atoms with Crippen LogP contribution in [0, 0.1) is 0 Å². The number of hydrogen-bond acceptors (Lipinski definition) is 2. The quantitative estimate of drug-likeness (QED) is 0.331. The summed E-state index contributed by atoms with van der Waals surface area (Å²) in [6.07, 6.45) is 0. The molecule has 2 nitrogen and oxygen atoms in total. The Bertz CT molecular complexity index is 33.5. The molecule has 0 rings (SSSR count). The summed E-state index contributed by atoms with van der Waals surface area (Å²) in [7, 11) is 0. The van der Waals surface area contributed by atoms with Gasteiger partial charge in [0, 0.05) is 13.1 Å². The highest BCUT2D eigenvalue weighted by atomic mass is 15.4. The van der Waals surface area contributed by atoms with E-state index < -0.39 is 0 Å². The van der Waals surface area contributed by atoms with E-state index in [1.54, 1.807) is 5.01 Å². The van der Waals surface area contributed by atoms with Gasteiger partial charge in [0.25, 0.3) is 0 Å². The van der Waals surface area contributed by atoms with Crippen molar-refractivity contribution in [3.63, 3.8) is 0 Å². The van der Waals surface area contributed by atoms with Gasteiger partial charge < -0.3 is 0 Å². The van der Waals surface area contributed by atoms with Crippen LogP contribution in [0.15, 0.2) is 13.2 Å². The van der Waals surface area contributed by atoms with E-state index in [9.17, 15) is 0 Å². The van der Waals surface area contributed by atoms with Gasteiger partial charge >= 0.3 is 0 Å². The minimum atomic E-state index is 0.941. The average Bonchev–Trinajstić information content (AvgIpc) is 1.91. The third-order valence-electron chi connectivity index (χ3n) is 0.812. The van der Waals surface area contributed by atoms with Crippen LogP contribution in [-0.4, -0.2) is 18.1 Å². The van der Waals surface area contributed by atoms with E-state index in [0.29, 0.717) is 0 Å². The summed E-state index contributed by atoms with van der Waals surface area (Å²) in [4.78, 5) is 0. The van der Waals surface area contributed by atoms with Crippen LogP contribution in [0.5, 0.6) is 0 Å². The lowest BCUT2D eigenvalue weighted by Crippen LogP contribution is -2.29. The highest BCUT2D eigenvalue weighted by Crippen LogP contribution is 1.68. The molecule has 0 bridgehead atoms. The van der Waals surface area contributed by atoms with Crippen molar-refractivity contribution in [1.29, 1.82) is 0 Å². The standard InChI is InChI=1S/C4H12N2.C2H4/c1-3-6(5)4-2;1-2/h3-5H2,1-2H3;1-2H2. The maximum Gasteiger partial charge on any atom is 0.00996 e. The zero-order chi connectivity index (χ0) is 6.99. The number of nitrogens with zero attached hydrogens (tertiary/aromatic N) is 1. The number of rotatable bonds is 2. The molecule has 0 aromatic rings. The molecule has 8 heavy (non-hydrogen) atoms. The van der Waals surface area contributed by atoms with Crippen molar-refractivity contribution in [3.8, 4) is 0 Å². The Kier molecular flexibility index (Phi) is 13.0. The largest absolute Gasteiger partial charge is 0.269 e. The van der Waals surface area contributed by atoms with Crippen LogP contribution in [0.4, 0.5) is 0 Å². The van der Waals surface area contributed by atoms with Gasteiger partial charge in [-0.05, 0) is 0 Å². The normalized spacial score (nSPS) is 8.00. The first kappa shape index (κ1) is 10.6. The first-order valence-electron chi connectivity index (χ1n) is 2.80. The van der Waals surface area contributed by atoms with Crippen molar-refractivity contribution < 1.29 is 0 Å². The van der Waals surface area contributed by atoms with E-state index in [0.717, 1.165) is 13.1 Å². The van der Waals surface area contributed by atoms with Crippen LogP contribution in [0.3, 0.4) is 0 Å². The smallest absolute Gasteiger partial charge is 0.00996 e. The molecule has 0 radical (unpaired) electrons. The highest BCUT2D eigenvalue weighted by Gasteiger charge is 1.82. The summed E-state index contributed by atoms with van der Waals surface area (Å²) in [5.41, 5.74) is 0. The summed E-state index contributed by atoms with van der Waals surface area (Å²) in [5.74, 6) is 5.31. The van der Waals surface area contributed by atoms with Crippen LogP contribution in [0.2, 0.25) is 0 Å². The molecule has 0 spiro atoms. The third-order valence-corrected chi connectivity index (χ3v) is 0.812. The number of hydrogen-bond donors (Lipinski definition) is 1. The zero-order valence-corrected chi connectivity index (χ0v) is 5.85. The van der Waals surface area contributed by atoms with Gasteiger partial charge in [-0.25, -0.2) is 5.01 Å². The Morgan fingerprint density at radius 1 is 1.25 bits per heavy atom. The first-order chi connectivity index (χ1) is 3.81. The summed E-state index contributed by atoms with van der Waals surface area (Å²) < 4.78 is 0. The summed E-state index contributed by atoms with van der Waals surface area (Å²) >= 11 is 0. The number of nitrogens with two attached hydrogens (primary N) is 1. The van der Waals surface area contributed by atoms with E-state index in [1.165, 1.54) is 0 Å². The second kappa shape index (κ2) is 9.83. The van der Waals surface area contributed by atoms with Gasteiger partial charge in [-0.15, -0.1) is 13.2 Å². The van der Waals surface area contributed by atoms with E-state index in [1.807, 2.05) is 13.8 Å². The molecule has 0 aromatic heterocycles. The molecule has 50 valence electrons. The van der Waals surface area contributed by atoms with Gasteiger partial charge in [0.05, 0.1) is 0 Å². The van der Waals surface area contributed by atoms with Gasteiger partial charge in [0.2, 0.25) is 0 Å². The fraction of sp³-hybridized carbons (Fsp3) is 0.667. The molecule has 0 aliphatic carbocycles. The maximum absolute atomic E-state index is 5.31. The fourth-order valence-corrected chi connectivity index (χ4v) is 0.224.